The van der Waals surface area contributed by atoms with Crippen molar-refractivity contribution in [1.29, 1.82) is 0 Å². The molecule has 2 amide bonds. The molecule has 1 atom stereocenters. The highest BCUT2D eigenvalue weighted by Crippen LogP contribution is 2.08. The minimum atomic E-state index is -0.516. The lowest BCUT2D eigenvalue weighted by molar-refractivity contribution is -0.120. The van der Waals surface area contributed by atoms with Gasteiger partial charge in [0.15, 0.2) is 0 Å². The van der Waals surface area contributed by atoms with E-state index in [1.54, 1.807) is 6.92 Å². The standard InChI is InChI=1S/C12H17N3O2/c1-8-4-3-5-10(6-8)15-11(16)7-14-9(2)12(13)17/h3-6,9,14H,7H2,1-2H3,(H2,13,17)(H,15,16). The van der Waals surface area contributed by atoms with E-state index in [4.69, 9.17) is 5.73 Å². The van der Waals surface area contributed by atoms with Gasteiger partial charge >= 0.3 is 0 Å². The second-order valence-electron chi connectivity index (χ2n) is 3.92. The number of amides is 2. The van der Waals surface area contributed by atoms with Gasteiger partial charge in [-0.25, -0.2) is 0 Å². The summed E-state index contributed by atoms with van der Waals surface area (Å²) in [4.78, 5) is 22.3. The summed E-state index contributed by atoms with van der Waals surface area (Å²) in [6.45, 7) is 3.61. The molecule has 0 aromatic heterocycles. The predicted octanol–water partition coefficient (Wildman–Crippen LogP) is 0.397. The molecule has 1 aromatic carbocycles. The zero-order chi connectivity index (χ0) is 12.8. The first kappa shape index (κ1) is 13.2. The molecular formula is C12H17N3O2. The number of carbonyl (C=O) groups is 2. The molecule has 4 N–H and O–H groups in total. The van der Waals surface area contributed by atoms with Crippen LogP contribution in [0.2, 0.25) is 0 Å². The molecule has 0 fully saturated rings. The number of hydrogen-bond donors (Lipinski definition) is 3. The van der Waals surface area contributed by atoms with Crippen LogP contribution in [0, 0.1) is 6.92 Å². The lowest BCUT2D eigenvalue weighted by atomic mass is 10.2. The number of nitrogens with two attached hydrogens (primary N) is 1. The Morgan fingerprint density at radius 1 is 1.41 bits per heavy atom. The van der Waals surface area contributed by atoms with Crippen LogP contribution in [0.15, 0.2) is 24.3 Å². The van der Waals surface area contributed by atoms with Gasteiger partial charge < -0.3 is 11.1 Å². The van der Waals surface area contributed by atoms with Gasteiger partial charge in [0.1, 0.15) is 0 Å². The highest BCUT2D eigenvalue weighted by atomic mass is 16.2. The van der Waals surface area contributed by atoms with Crippen LogP contribution in [0.25, 0.3) is 0 Å². The van der Waals surface area contributed by atoms with Crippen LogP contribution in [0.5, 0.6) is 0 Å². The van der Waals surface area contributed by atoms with Crippen LogP contribution >= 0.6 is 0 Å². The highest BCUT2D eigenvalue weighted by Gasteiger charge is 2.09. The van der Waals surface area contributed by atoms with Crippen molar-refractivity contribution in [2.45, 2.75) is 19.9 Å². The molecule has 0 spiro atoms. The SMILES string of the molecule is Cc1cccc(NC(=O)CNC(C)C(N)=O)c1. The molecule has 5 heteroatoms. The topological polar surface area (TPSA) is 84.2 Å². The van der Waals surface area contributed by atoms with Crippen molar-refractivity contribution < 1.29 is 9.59 Å². The summed E-state index contributed by atoms with van der Waals surface area (Å²) >= 11 is 0. The summed E-state index contributed by atoms with van der Waals surface area (Å²) < 4.78 is 0. The van der Waals surface area contributed by atoms with Crippen molar-refractivity contribution in [2.24, 2.45) is 5.73 Å². The number of primary amides is 1. The second kappa shape index (κ2) is 6.00. The quantitative estimate of drug-likeness (QED) is 0.690. The van der Waals surface area contributed by atoms with E-state index in [9.17, 15) is 9.59 Å². The zero-order valence-electron chi connectivity index (χ0n) is 9.99. The van der Waals surface area contributed by atoms with E-state index in [1.165, 1.54) is 0 Å². The van der Waals surface area contributed by atoms with Crippen LogP contribution < -0.4 is 16.4 Å². The van der Waals surface area contributed by atoms with E-state index < -0.39 is 11.9 Å². The van der Waals surface area contributed by atoms with Gasteiger partial charge in [0.05, 0.1) is 12.6 Å². The normalized spacial score (nSPS) is 11.9. The number of nitrogens with one attached hydrogen (secondary N) is 2. The minimum absolute atomic E-state index is 0.0536. The van der Waals surface area contributed by atoms with E-state index in [-0.39, 0.29) is 12.5 Å². The summed E-state index contributed by atoms with van der Waals surface area (Å²) in [7, 11) is 0. The average Bonchev–Trinajstić information content (AvgIpc) is 2.25. The van der Waals surface area contributed by atoms with Crippen molar-refractivity contribution in [1.82, 2.24) is 5.32 Å². The van der Waals surface area contributed by atoms with E-state index in [1.807, 2.05) is 31.2 Å². The Balaban J connectivity index is 2.42. The van der Waals surface area contributed by atoms with Gasteiger partial charge in [-0.3, -0.25) is 14.9 Å². The van der Waals surface area contributed by atoms with Gasteiger partial charge in [0.2, 0.25) is 11.8 Å². The predicted molar refractivity (Wildman–Crippen MR) is 66.5 cm³/mol. The molecule has 92 valence electrons. The monoisotopic (exact) mass is 235 g/mol. The third kappa shape index (κ3) is 4.65. The highest BCUT2D eigenvalue weighted by molar-refractivity contribution is 5.92. The van der Waals surface area contributed by atoms with Crippen LogP contribution in [-0.4, -0.2) is 24.4 Å². The summed E-state index contributed by atoms with van der Waals surface area (Å²) in [5.41, 5.74) is 6.87. The number of carbonyl (C=O) groups excluding carboxylic acids is 2. The van der Waals surface area contributed by atoms with Gasteiger partial charge in [-0.15, -0.1) is 0 Å². The molecule has 0 radical (unpaired) electrons. The number of aryl methyl sites for hydroxylation is 1. The largest absolute Gasteiger partial charge is 0.368 e. The average molecular weight is 235 g/mol. The molecule has 1 unspecified atom stereocenters. The maximum Gasteiger partial charge on any atom is 0.238 e. The molecule has 5 nitrogen and oxygen atoms in total. The van der Waals surface area contributed by atoms with Gasteiger partial charge in [-0.2, -0.15) is 0 Å². The van der Waals surface area contributed by atoms with Gasteiger partial charge in [0, 0.05) is 5.69 Å². The maximum atomic E-state index is 11.5. The summed E-state index contributed by atoms with van der Waals surface area (Å²) in [5, 5.41) is 5.45. The van der Waals surface area contributed by atoms with E-state index in [0.717, 1.165) is 11.3 Å². The summed E-state index contributed by atoms with van der Waals surface area (Å²) in [5.74, 6) is -0.683. The molecule has 0 bridgehead atoms. The first-order valence-electron chi connectivity index (χ1n) is 5.38. The molecule has 0 saturated carbocycles. The van der Waals surface area contributed by atoms with E-state index in [2.05, 4.69) is 10.6 Å². The van der Waals surface area contributed by atoms with Crippen LogP contribution in [0.4, 0.5) is 5.69 Å². The third-order valence-corrected chi connectivity index (χ3v) is 2.30. The molecule has 0 aliphatic carbocycles. The number of hydrogen-bond acceptors (Lipinski definition) is 3. The molecular weight excluding hydrogens is 218 g/mol. The Kier molecular flexibility index (Phi) is 4.66. The molecule has 0 saturated heterocycles. The zero-order valence-corrected chi connectivity index (χ0v) is 9.99. The Bertz CT molecular complexity index is 418. The number of anilines is 1. The minimum Gasteiger partial charge on any atom is -0.368 e. The Hall–Kier alpha value is -1.88. The lowest BCUT2D eigenvalue weighted by Crippen LogP contribution is -2.42. The summed E-state index contributed by atoms with van der Waals surface area (Å²) in [6, 6.07) is 6.98. The van der Waals surface area contributed by atoms with Crippen LogP contribution in [0.1, 0.15) is 12.5 Å². The molecule has 0 heterocycles. The van der Waals surface area contributed by atoms with E-state index >= 15 is 0 Å². The fourth-order valence-corrected chi connectivity index (χ4v) is 1.27. The Morgan fingerprint density at radius 2 is 2.12 bits per heavy atom. The van der Waals surface area contributed by atoms with E-state index in [0.29, 0.717) is 0 Å². The molecule has 1 rings (SSSR count). The van der Waals surface area contributed by atoms with Crippen molar-refractivity contribution in [3.05, 3.63) is 29.8 Å². The Labute approximate surface area is 100 Å². The molecule has 0 aliphatic heterocycles. The second-order valence-corrected chi connectivity index (χ2v) is 3.92. The summed E-state index contributed by atoms with van der Waals surface area (Å²) in [6.07, 6.45) is 0. The van der Waals surface area contributed by atoms with Crippen molar-refractivity contribution in [3.63, 3.8) is 0 Å². The molecule has 0 aliphatic rings. The first-order valence-corrected chi connectivity index (χ1v) is 5.38. The molecule has 17 heavy (non-hydrogen) atoms. The smallest absolute Gasteiger partial charge is 0.238 e. The third-order valence-electron chi connectivity index (χ3n) is 2.30. The Morgan fingerprint density at radius 3 is 2.71 bits per heavy atom. The maximum absolute atomic E-state index is 11.5. The van der Waals surface area contributed by atoms with Gasteiger partial charge in [-0.05, 0) is 31.5 Å². The number of benzene rings is 1. The fourth-order valence-electron chi connectivity index (χ4n) is 1.27. The van der Waals surface area contributed by atoms with Crippen LogP contribution in [-0.2, 0) is 9.59 Å². The first-order chi connectivity index (χ1) is 7.99. The van der Waals surface area contributed by atoms with Gasteiger partial charge in [-0.1, -0.05) is 12.1 Å². The fraction of sp³-hybridized carbons (Fsp3) is 0.333. The lowest BCUT2D eigenvalue weighted by Gasteiger charge is -2.10. The molecule has 1 aromatic rings. The van der Waals surface area contributed by atoms with Gasteiger partial charge in [0.25, 0.3) is 0 Å². The van der Waals surface area contributed by atoms with Crippen molar-refractivity contribution in [3.8, 4) is 0 Å². The van der Waals surface area contributed by atoms with Crippen molar-refractivity contribution >= 4 is 17.5 Å². The van der Waals surface area contributed by atoms with Crippen molar-refractivity contribution in [2.75, 3.05) is 11.9 Å². The van der Waals surface area contributed by atoms with Crippen LogP contribution in [0.3, 0.4) is 0 Å². The number of rotatable bonds is 5.